The van der Waals surface area contributed by atoms with E-state index in [-0.39, 0.29) is 26.5 Å². The lowest BCUT2D eigenvalue weighted by atomic mass is 10.1. The van der Waals surface area contributed by atoms with Gasteiger partial charge in [0, 0.05) is 23.4 Å². The van der Waals surface area contributed by atoms with Crippen LogP contribution in [-0.2, 0) is 6.42 Å². The molecule has 34 heavy (non-hydrogen) atoms. The molecular formula is C25H16Cl3N3O3. The van der Waals surface area contributed by atoms with Gasteiger partial charge in [-0.2, -0.15) is 0 Å². The third-order valence-electron chi connectivity index (χ3n) is 5.59. The highest BCUT2D eigenvalue weighted by Gasteiger charge is 2.28. The summed E-state index contributed by atoms with van der Waals surface area (Å²) in [6, 6.07) is 17.0. The number of halogens is 3. The Bertz CT molecular complexity index is 1430. The van der Waals surface area contributed by atoms with E-state index in [1.54, 1.807) is 41.4 Å². The Morgan fingerprint density at radius 3 is 2.59 bits per heavy atom. The number of hydrogen-bond acceptors (Lipinski definition) is 4. The Labute approximate surface area is 210 Å². The Morgan fingerprint density at radius 2 is 1.76 bits per heavy atom. The number of para-hydroxylation sites is 1. The van der Waals surface area contributed by atoms with Crippen LogP contribution in [0.4, 0.5) is 11.4 Å². The van der Waals surface area contributed by atoms with E-state index in [4.69, 9.17) is 39.3 Å². The number of nitrogens with one attached hydrogen (secondary N) is 1. The zero-order valence-corrected chi connectivity index (χ0v) is 19.8. The van der Waals surface area contributed by atoms with Crippen LogP contribution in [0.2, 0.25) is 15.1 Å². The van der Waals surface area contributed by atoms with Crippen molar-refractivity contribution >= 4 is 58.0 Å². The maximum absolute atomic E-state index is 13.5. The van der Waals surface area contributed by atoms with Crippen LogP contribution in [0.15, 0.2) is 71.4 Å². The van der Waals surface area contributed by atoms with Gasteiger partial charge < -0.3 is 14.7 Å². The average molecular weight is 513 g/mol. The number of carbonyl (C=O) groups excluding carboxylic acids is 2. The van der Waals surface area contributed by atoms with Crippen molar-refractivity contribution < 1.29 is 14.1 Å². The summed E-state index contributed by atoms with van der Waals surface area (Å²) in [6.45, 7) is 0.437. The largest absolute Gasteiger partial charge is 0.356 e. The zero-order chi connectivity index (χ0) is 23.8. The number of carbonyl (C=O) groups is 2. The summed E-state index contributed by atoms with van der Waals surface area (Å²) in [6.07, 6.45) is 2.27. The molecule has 0 spiro atoms. The number of aromatic nitrogens is 1. The van der Waals surface area contributed by atoms with Crippen molar-refractivity contribution in [2.24, 2.45) is 0 Å². The maximum Gasteiger partial charge on any atom is 0.259 e. The van der Waals surface area contributed by atoms with Crippen LogP contribution >= 0.6 is 34.8 Å². The third kappa shape index (κ3) is 4.05. The van der Waals surface area contributed by atoms with Gasteiger partial charge >= 0.3 is 0 Å². The predicted molar refractivity (Wildman–Crippen MR) is 133 cm³/mol. The molecule has 0 saturated heterocycles. The van der Waals surface area contributed by atoms with E-state index in [1.165, 1.54) is 6.07 Å². The van der Waals surface area contributed by atoms with Crippen LogP contribution in [0.3, 0.4) is 0 Å². The highest BCUT2D eigenvalue weighted by atomic mass is 35.5. The van der Waals surface area contributed by atoms with Crippen molar-refractivity contribution in [3.8, 4) is 11.3 Å². The molecule has 1 aliphatic rings. The smallest absolute Gasteiger partial charge is 0.259 e. The first-order chi connectivity index (χ1) is 16.4. The molecule has 2 heterocycles. The molecule has 0 aliphatic carbocycles. The quantitative estimate of drug-likeness (QED) is 0.329. The monoisotopic (exact) mass is 511 g/mol. The van der Waals surface area contributed by atoms with Crippen molar-refractivity contribution in [3.63, 3.8) is 0 Å². The Hall–Kier alpha value is -3.32. The summed E-state index contributed by atoms with van der Waals surface area (Å²) in [5.41, 5.74) is 3.41. The number of fused-ring (bicyclic) bond motifs is 3. The highest BCUT2D eigenvalue weighted by molar-refractivity contribution is 6.44. The summed E-state index contributed by atoms with van der Waals surface area (Å²) < 4.78 is 5.45. The molecule has 170 valence electrons. The number of hydrogen-bond donors (Lipinski definition) is 1. The fraction of sp³-hybridized carbons (Fsp3) is 0.0800. The van der Waals surface area contributed by atoms with Crippen LogP contribution in [0, 0.1) is 0 Å². The van der Waals surface area contributed by atoms with Crippen molar-refractivity contribution in [3.05, 3.63) is 98.6 Å². The van der Waals surface area contributed by atoms with Gasteiger partial charge in [0.15, 0.2) is 5.76 Å². The molecule has 4 aromatic rings. The van der Waals surface area contributed by atoms with Crippen LogP contribution in [0.5, 0.6) is 0 Å². The van der Waals surface area contributed by atoms with Gasteiger partial charge in [0.2, 0.25) is 0 Å². The fourth-order valence-electron chi connectivity index (χ4n) is 3.91. The molecule has 6 nitrogen and oxygen atoms in total. The minimum Gasteiger partial charge on any atom is -0.356 e. The van der Waals surface area contributed by atoms with Crippen molar-refractivity contribution in [1.82, 2.24) is 5.16 Å². The minimum absolute atomic E-state index is 0.161. The lowest BCUT2D eigenvalue weighted by molar-refractivity contribution is 0.0986. The molecule has 0 atom stereocenters. The molecule has 1 N–H and O–H groups in total. The van der Waals surface area contributed by atoms with Crippen LogP contribution in [-0.4, -0.2) is 23.5 Å². The van der Waals surface area contributed by atoms with Crippen LogP contribution in [0.25, 0.3) is 11.3 Å². The summed E-state index contributed by atoms with van der Waals surface area (Å²) >= 11 is 18.6. The second-order valence-electron chi connectivity index (χ2n) is 7.65. The van der Waals surface area contributed by atoms with E-state index >= 15 is 0 Å². The molecule has 9 heteroatoms. The van der Waals surface area contributed by atoms with E-state index in [9.17, 15) is 9.59 Å². The third-order valence-corrected chi connectivity index (χ3v) is 6.72. The molecule has 2 amide bonds. The molecule has 0 unspecified atom stereocenters. The second kappa shape index (κ2) is 9.14. The van der Waals surface area contributed by atoms with Gasteiger partial charge in [0.05, 0.1) is 38.1 Å². The molecule has 1 aromatic heterocycles. The first-order valence-electron chi connectivity index (χ1n) is 10.3. The van der Waals surface area contributed by atoms with Gasteiger partial charge in [-0.1, -0.05) is 58.2 Å². The number of rotatable bonds is 3. The number of nitrogens with zero attached hydrogens (tertiary/aromatic N) is 2. The topological polar surface area (TPSA) is 75.4 Å². The Kier molecular flexibility index (Phi) is 6.04. The minimum atomic E-state index is -0.439. The Morgan fingerprint density at radius 1 is 0.941 bits per heavy atom. The van der Waals surface area contributed by atoms with Gasteiger partial charge in [-0.15, -0.1) is 0 Å². The Balaban J connectivity index is 1.42. The molecule has 5 rings (SSSR count). The second-order valence-corrected chi connectivity index (χ2v) is 8.85. The summed E-state index contributed by atoms with van der Waals surface area (Å²) in [4.78, 5) is 27.8. The molecule has 1 aliphatic heterocycles. The molecule has 0 bridgehead atoms. The lowest BCUT2D eigenvalue weighted by Gasteiger charge is -2.23. The van der Waals surface area contributed by atoms with Crippen molar-refractivity contribution in [1.29, 1.82) is 0 Å². The first-order valence-corrected chi connectivity index (χ1v) is 11.5. The summed E-state index contributed by atoms with van der Waals surface area (Å²) in [7, 11) is 0. The van der Waals surface area contributed by atoms with E-state index < -0.39 is 5.91 Å². The highest BCUT2D eigenvalue weighted by Crippen LogP contribution is 2.37. The normalized spacial score (nSPS) is 12.5. The molecule has 3 aromatic carbocycles. The average Bonchev–Trinajstić information content (AvgIpc) is 3.23. The lowest BCUT2D eigenvalue weighted by Crippen LogP contribution is -2.32. The van der Waals surface area contributed by atoms with Gasteiger partial charge in [-0.3, -0.25) is 9.59 Å². The van der Waals surface area contributed by atoms with Gasteiger partial charge in [-0.05, 0) is 48.9 Å². The van der Waals surface area contributed by atoms with Crippen molar-refractivity contribution in [2.75, 3.05) is 16.8 Å². The molecular weight excluding hydrogens is 497 g/mol. The maximum atomic E-state index is 13.5. The van der Waals surface area contributed by atoms with Crippen molar-refractivity contribution in [2.45, 2.75) is 6.42 Å². The fourth-order valence-corrected chi connectivity index (χ4v) is 4.56. The van der Waals surface area contributed by atoms with E-state index in [0.29, 0.717) is 35.7 Å². The summed E-state index contributed by atoms with van der Waals surface area (Å²) in [5.74, 6) is -0.0348. The van der Waals surface area contributed by atoms with Gasteiger partial charge in [0.25, 0.3) is 11.8 Å². The predicted octanol–water partition coefficient (Wildman–Crippen LogP) is 6.76. The van der Waals surface area contributed by atoms with E-state index in [1.807, 2.05) is 24.3 Å². The molecule has 0 radical (unpaired) electrons. The number of anilines is 2. The number of amides is 2. The van der Waals surface area contributed by atoms with E-state index in [2.05, 4.69) is 10.5 Å². The van der Waals surface area contributed by atoms with Gasteiger partial charge in [0.1, 0.15) is 0 Å². The van der Waals surface area contributed by atoms with Crippen LogP contribution in [0.1, 0.15) is 26.3 Å². The zero-order valence-electron chi connectivity index (χ0n) is 17.5. The SMILES string of the molecule is O=C(Nc1ccc(C(=O)N2CCc3cnoc3-c3ccccc32)c(Cl)c1)c1cccc(Cl)c1Cl. The van der Waals surface area contributed by atoms with Gasteiger partial charge in [-0.25, -0.2) is 0 Å². The summed E-state index contributed by atoms with van der Waals surface area (Å²) in [5, 5.41) is 7.29. The standard InChI is InChI=1S/C25H16Cl3N3O3/c26-19-6-3-5-18(22(19)28)24(32)30-15-8-9-16(20(27)12-15)25(33)31-11-10-14-13-29-34-23(14)17-4-1-2-7-21(17)31/h1-9,12-13H,10-11H2,(H,30,32). The molecule has 0 saturated carbocycles. The first kappa shape index (κ1) is 22.5. The van der Waals surface area contributed by atoms with Crippen LogP contribution < -0.4 is 10.2 Å². The van der Waals surface area contributed by atoms with E-state index in [0.717, 1.165) is 11.1 Å². The number of benzene rings is 3. The molecule has 0 fully saturated rings.